The number of hydrogen-bond donors (Lipinski definition) is 0. The Morgan fingerprint density at radius 1 is 1.30 bits per heavy atom. The monoisotopic (exact) mass is 134 g/mol. The van der Waals surface area contributed by atoms with Crippen LogP contribution in [-0.2, 0) is 11.3 Å². The first-order valence-corrected chi connectivity index (χ1v) is 3.55. The van der Waals surface area contributed by atoms with Crippen LogP contribution in [0.5, 0.6) is 0 Å². The molecule has 0 amide bonds. The summed E-state index contributed by atoms with van der Waals surface area (Å²) in [5, 5.41) is 0. The maximum Gasteiger partial charge on any atom is 0.272 e. The molecule has 0 aliphatic heterocycles. The molecule has 10 heavy (non-hydrogen) atoms. The van der Waals surface area contributed by atoms with Crippen molar-refractivity contribution < 1.29 is 4.65 Å². The van der Waals surface area contributed by atoms with Gasteiger partial charge in [0.25, 0.3) is 7.48 Å². The fraction of sp³-hybridized carbons (Fsp3) is 0.250. The molecule has 2 heteroatoms. The van der Waals surface area contributed by atoms with Gasteiger partial charge in [-0.2, -0.15) is 0 Å². The highest BCUT2D eigenvalue weighted by Crippen LogP contribution is 1.98. The number of rotatable bonds is 3. The quantitative estimate of drug-likeness (QED) is 0.570. The third-order valence-electron chi connectivity index (χ3n) is 1.32. The van der Waals surface area contributed by atoms with Crippen molar-refractivity contribution in [2.75, 3.05) is 0 Å². The SMILES string of the molecule is CBOCc1ccccc1. The van der Waals surface area contributed by atoms with Crippen LogP contribution in [0.15, 0.2) is 30.3 Å². The molecule has 52 valence electrons. The largest absolute Gasteiger partial charge is 0.436 e. The topological polar surface area (TPSA) is 9.23 Å². The second kappa shape index (κ2) is 4.12. The molecule has 0 heterocycles. The van der Waals surface area contributed by atoms with Crippen LogP contribution in [0.1, 0.15) is 5.56 Å². The molecule has 0 unspecified atom stereocenters. The van der Waals surface area contributed by atoms with E-state index >= 15 is 0 Å². The highest BCUT2D eigenvalue weighted by Gasteiger charge is 1.87. The predicted molar refractivity (Wildman–Crippen MR) is 44.2 cm³/mol. The van der Waals surface area contributed by atoms with E-state index in [0.29, 0.717) is 0 Å². The molecule has 0 fully saturated rings. The summed E-state index contributed by atoms with van der Waals surface area (Å²) in [6.45, 7) is 2.74. The van der Waals surface area contributed by atoms with E-state index in [1.54, 1.807) is 0 Å². The van der Waals surface area contributed by atoms with Gasteiger partial charge in [-0.15, -0.1) is 0 Å². The van der Waals surface area contributed by atoms with Gasteiger partial charge in [-0.1, -0.05) is 37.2 Å². The molecule has 0 atom stereocenters. The Morgan fingerprint density at radius 3 is 2.60 bits per heavy atom. The maximum absolute atomic E-state index is 5.22. The standard InChI is InChI=1S/C8H11BO/c1-9-10-7-8-5-3-2-4-6-8/h2-6,9H,7H2,1H3. The zero-order valence-electron chi connectivity index (χ0n) is 6.21. The lowest BCUT2D eigenvalue weighted by Gasteiger charge is -1.98. The van der Waals surface area contributed by atoms with Crippen molar-refractivity contribution in [1.29, 1.82) is 0 Å². The van der Waals surface area contributed by atoms with E-state index in [4.69, 9.17) is 4.65 Å². The summed E-state index contributed by atoms with van der Waals surface area (Å²) in [7, 11) is 0.787. The zero-order valence-corrected chi connectivity index (χ0v) is 6.21. The summed E-state index contributed by atoms with van der Waals surface area (Å²) >= 11 is 0. The van der Waals surface area contributed by atoms with E-state index in [1.807, 2.05) is 25.0 Å². The lowest BCUT2D eigenvalue weighted by atomic mass is 10.1. The van der Waals surface area contributed by atoms with Crippen molar-refractivity contribution in [3.05, 3.63) is 35.9 Å². The van der Waals surface area contributed by atoms with Crippen molar-refractivity contribution in [3.63, 3.8) is 0 Å². The summed E-state index contributed by atoms with van der Waals surface area (Å²) < 4.78 is 5.22. The summed E-state index contributed by atoms with van der Waals surface area (Å²) in [6.07, 6.45) is 0. The second-order valence-electron chi connectivity index (χ2n) is 2.12. The van der Waals surface area contributed by atoms with E-state index in [0.717, 1.165) is 14.1 Å². The van der Waals surface area contributed by atoms with Gasteiger partial charge >= 0.3 is 0 Å². The Kier molecular flexibility index (Phi) is 3.03. The van der Waals surface area contributed by atoms with E-state index < -0.39 is 0 Å². The van der Waals surface area contributed by atoms with Gasteiger partial charge in [0.1, 0.15) is 0 Å². The van der Waals surface area contributed by atoms with Gasteiger partial charge in [-0.05, 0) is 5.56 Å². The number of hydrogen-bond acceptors (Lipinski definition) is 1. The Bertz CT molecular complexity index is 174. The molecule has 1 rings (SSSR count). The molecule has 1 nitrogen and oxygen atoms in total. The smallest absolute Gasteiger partial charge is 0.272 e. The molecule has 0 radical (unpaired) electrons. The van der Waals surface area contributed by atoms with Gasteiger partial charge in [0, 0.05) is 0 Å². The van der Waals surface area contributed by atoms with Gasteiger partial charge in [0.15, 0.2) is 0 Å². The average molecular weight is 134 g/mol. The van der Waals surface area contributed by atoms with Crippen LogP contribution in [0.4, 0.5) is 0 Å². The minimum Gasteiger partial charge on any atom is -0.436 e. The maximum atomic E-state index is 5.22. The van der Waals surface area contributed by atoms with Crippen molar-refractivity contribution in [1.82, 2.24) is 0 Å². The molecular formula is C8H11BO. The molecule has 1 aromatic rings. The fourth-order valence-electron chi connectivity index (χ4n) is 0.794. The Labute approximate surface area is 62.3 Å². The zero-order chi connectivity index (χ0) is 7.23. The highest BCUT2D eigenvalue weighted by atomic mass is 16.4. The molecule has 0 bridgehead atoms. The van der Waals surface area contributed by atoms with Crippen LogP contribution in [0.2, 0.25) is 6.82 Å². The minimum absolute atomic E-state index is 0.733. The van der Waals surface area contributed by atoms with Gasteiger partial charge in [0.05, 0.1) is 6.61 Å². The summed E-state index contributed by atoms with van der Waals surface area (Å²) in [5.41, 5.74) is 1.24. The Morgan fingerprint density at radius 2 is 2.00 bits per heavy atom. The van der Waals surface area contributed by atoms with E-state index in [9.17, 15) is 0 Å². The average Bonchev–Trinajstić information content (AvgIpc) is 2.03. The van der Waals surface area contributed by atoms with Crippen LogP contribution in [0.3, 0.4) is 0 Å². The first kappa shape index (κ1) is 7.35. The van der Waals surface area contributed by atoms with Gasteiger partial charge in [-0.3, -0.25) is 0 Å². The molecule has 0 N–H and O–H groups in total. The van der Waals surface area contributed by atoms with E-state index in [-0.39, 0.29) is 0 Å². The van der Waals surface area contributed by atoms with Crippen LogP contribution in [0.25, 0.3) is 0 Å². The first-order valence-electron chi connectivity index (χ1n) is 3.55. The van der Waals surface area contributed by atoms with Crippen LogP contribution in [0, 0.1) is 0 Å². The molecular weight excluding hydrogens is 123 g/mol. The van der Waals surface area contributed by atoms with Crippen molar-refractivity contribution in [3.8, 4) is 0 Å². The molecule has 0 spiro atoms. The molecule has 0 saturated heterocycles. The molecule has 1 aromatic carbocycles. The van der Waals surface area contributed by atoms with Gasteiger partial charge < -0.3 is 4.65 Å². The molecule has 0 aliphatic rings. The molecule has 0 saturated carbocycles. The van der Waals surface area contributed by atoms with E-state index in [2.05, 4.69) is 12.1 Å². The van der Waals surface area contributed by atoms with Gasteiger partial charge in [0.2, 0.25) is 0 Å². The summed E-state index contributed by atoms with van der Waals surface area (Å²) in [5.74, 6) is 0. The van der Waals surface area contributed by atoms with Crippen LogP contribution in [-0.4, -0.2) is 7.48 Å². The van der Waals surface area contributed by atoms with Gasteiger partial charge in [-0.25, -0.2) is 0 Å². The third kappa shape index (κ3) is 2.23. The Hall–Kier alpha value is -0.755. The molecule has 0 aliphatic carbocycles. The van der Waals surface area contributed by atoms with Crippen molar-refractivity contribution in [2.45, 2.75) is 13.4 Å². The van der Waals surface area contributed by atoms with Crippen molar-refractivity contribution in [2.24, 2.45) is 0 Å². The first-order chi connectivity index (χ1) is 4.93. The highest BCUT2D eigenvalue weighted by molar-refractivity contribution is 6.24. The minimum atomic E-state index is 0.733. The van der Waals surface area contributed by atoms with Crippen LogP contribution < -0.4 is 0 Å². The number of benzene rings is 1. The summed E-state index contributed by atoms with van der Waals surface area (Å²) in [6, 6.07) is 10.2. The lowest BCUT2D eigenvalue weighted by molar-refractivity contribution is 0.327. The normalized spacial score (nSPS) is 9.30. The van der Waals surface area contributed by atoms with E-state index in [1.165, 1.54) is 5.56 Å². The lowest BCUT2D eigenvalue weighted by Crippen LogP contribution is -1.93. The Balaban J connectivity index is 2.43. The fourth-order valence-corrected chi connectivity index (χ4v) is 0.794. The third-order valence-corrected chi connectivity index (χ3v) is 1.32. The molecule has 0 aromatic heterocycles. The second-order valence-corrected chi connectivity index (χ2v) is 2.12. The predicted octanol–water partition coefficient (Wildman–Crippen LogP) is 1.60. The summed E-state index contributed by atoms with van der Waals surface area (Å²) in [4.78, 5) is 0. The van der Waals surface area contributed by atoms with Crippen LogP contribution >= 0.6 is 0 Å². The van der Waals surface area contributed by atoms with Crippen molar-refractivity contribution >= 4 is 7.48 Å².